The topological polar surface area (TPSA) is 84.3 Å². The van der Waals surface area contributed by atoms with Gasteiger partial charge in [0.1, 0.15) is 5.58 Å². The number of benzene rings is 2. The molecule has 0 aliphatic rings. The molecule has 0 saturated heterocycles. The minimum atomic E-state index is -0.465. The Bertz CT molecular complexity index is 976. The number of aromatic hydroxyl groups is 1. The summed E-state index contributed by atoms with van der Waals surface area (Å²) in [6, 6.07) is 13.6. The monoisotopic (exact) mass is 419 g/mol. The van der Waals surface area contributed by atoms with Crippen molar-refractivity contribution in [3.05, 3.63) is 52.3 Å². The van der Waals surface area contributed by atoms with E-state index < -0.39 is 6.08 Å². The van der Waals surface area contributed by atoms with Gasteiger partial charge >= 0.3 is 6.08 Å². The average Bonchev–Trinajstić information content (AvgIpc) is 3.17. The quantitative estimate of drug-likeness (QED) is 0.475. The number of nitrogens with one attached hydrogen (secondary N) is 1. The van der Waals surface area contributed by atoms with E-state index in [9.17, 15) is 5.11 Å². The number of anilines is 2. The highest BCUT2D eigenvalue weighted by molar-refractivity contribution is 14.1. The van der Waals surface area contributed by atoms with Crippen LogP contribution >= 0.6 is 22.6 Å². The molecule has 2 aromatic heterocycles. The maximum Gasteiger partial charge on any atom is 0.412 e. The summed E-state index contributed by atoms with van der Waals surface area (Å²) in [5.74, 6) is 0.235. The lowest BCUT2D eigenvalue weighted by Gasteiger charge is -2.10. The third-order valence-corrected chi connectivity index (χ3v) is 4.08. The first-order valence-corrected chi connectivity index (χ1v) is 7.83. The van der Waals surface area contributed by atoms with Crippen molar-refractivity contribution in [3.8, 4) is 17.5 Å². The molecular formula is C16H10IN3O3. The molecule has 0 atom stereocenters. The van der Waals surface area contributed by atoms with Crippen molar-refractivity contribution in [2.24, 2.45) is 0 Å². The van der Waals surface area contributed by atoms with Crippen LogP contribution < -0.4 is 5.32 Å². The minimum absolute atomic E-state index is 0.235. The number of aromatic nitrogens is 2. The molecule has 0 spiro atoms. The Balaban J connectivity index is 1.84. The SMILES string of the molecule is Oc1nnc(-c2cc3ccoc3cc2Nc2ccc(I)cc2)o1. The van der Waals surface area contributed by atoms with Gasteiger partial charge in [0, 0.05) is 20.7 Å². The Hall–Kier alpha value is -2.55. The second-order valence-corrected chi connectivity index (χ2v) is 6.12. The Morgan fingerprint density at radius 3 is 2.61 bits per heavy atom. The van der Waals surface area contributed by atoms with Crippen molar-refractivity contribution in [2.75, 3.05) is 5.32 Å². The van der Waals surface area contributed by atoms with Gasteiger partial charge < -0.3 is 19.3 Å². The second kappa shape index (κ2) is 5.58. The number of nitrogens with zero attached hydrogens (tertiary/aromatic N) is 2. The summed E-state index contributed by atoms with van der Waals surface area (Å²) < 4.78 is 11.8. The van der Waals surface area contributed by atoms with Crippen LogP contribution in [-0.2, 0) is 0 Å². The molecule has 2 N–H and O–H groups in total. The Kier molecular flexibility index (Phi) is 3.41. The van der Waals surface area contributed by atoms with Crippen molar-refractivity contribution >= 4 is 44.9 Å². The molecule has 7 heteroatoms. The number of fused-ring (bicyclic) bond motifs is 1. The van der Waals surface area contributed by atoms with E-state index in [0.717, 1.165) is 25.9 Å². The number of halogens is 1. The lowest BCUT2D eigenvalue weighted by molar-refractivity contribution is 0.320. The van der Waals surface area contributed by atoms with Gasteiger partial charge in [-0.15, -0.1) is 5.10 Å². The molecule has 114 valence electrons. The fourth-order valence-electron chi connectivity index (χ4n) is 2.30. The highest BCUT2D eigenvalue weighted by Gasteiger charge is 2.15. The summed E-state index contributed by atoms with van der Waals surface area (Å²) in [4.78, 5) is 0. The van der Waals surface area contributed by atoms with E-state index in [-0.39, 0.29) is 5.89 Å². The maximum absolute atomic E-state index is 9.32. The van der Waals surface area contributed by atoms with Gasteiger partial charge in [0.2, 0.25) is 0 Å². The molecule has 0 unspecified atom stereocenters. The molecule has 4 aromatic rings. The minimum Gasteiger partial charge on any atom is -0.465 e. The van der Waals surface area contributed by atoms with Gasteiger partial charge in [-0.05, 0) is 59.0 Å². The zero-order chi connectivity index (χ0) is 15.8. The standard InChI is InChI=1S/C16H10IN3O3/c17-10-1-3-11(4-2-10)18-13-8-14-9(5-6-22-14)7-12(13)15-19-20-16(21)23-15/h1-8,18H,(H,20,21). The van der Waals surface area contributed by atoms with Crippen LogP contribution in [0.5, 0.6) is 6.08 Å². The molecule has 0 radical (unpaired) electrons. The molecule has 0 fully saturated rings. The maximum atomic E-state index is 9.32. The van der Waals surface area contributed by atoms with Crippen LogP contribution in [0.4, 0.5) is 11.4 Å². The van der Waals surface area contributed by atoms with Crippen molar-refractivity contribution in [2.45, 2.75) is 0 Å². The molecule has 0 aliphatic heterocycles. The van der Waals surface area contributed by atoms with E-state index >= 15 is 0 Å². The van der Waals surface area contributed by atoms with E-state index in [2.05, 4.69) is 38.1 Å². The smallest absolute Gasteiger partial charge is 0.412 e. The highest BCUT2D eigenvalue weighted by atomic mass is 127. The van der Waals surface area contributed by atoms with Crippen LogP contribution in [0, 0.1) is 3.57 Å². The Labute approximate surface area is 144 Å². The molecular weight excluding hydrogens is 409 g/mol. The fourth-order valence-corrected chi connectivity index (χ4v) is 2.66. The summed E-state index contributed by atoms with van der Waals surface area (Å²) in [7, 11) is 0. The van der Waals surface area contributed by atoms with Crippen LogP contribution in [0.1, 0.15) is 0 Å². The zero-order valence-corrected chi connectivity index (χ0v) is 13.8. The molecule has 0 amide bonds. The first-order chi connectivity index (χ1) is 11.2. The van der Waals surface area contributed by atoms with E-state index in [0.29, 0.717) is 5.56 Å². The van der Waals surface area contributed by atoms with E-state index in [1.165, 1.54) is 0 Å². The summed E-state index contributed by atoms with van der Waals surface area (Å²) in [5.41, 5.74) is 3.09. The third kappa shape index (κ3) is 2.74. The van der Waals surface area contributed by atoms with Crippen LogP contribution in [0.25, 0.3) is 22.4 Å². The van der Waals surface area contributed by atoms with E-state index in [1.807, 2.05) is 42.5 Å². The molecule has 0 saturated carbocycles. The van der Waals surface area contributed by atoms with E-state index in [4.69, 9.17) is 8.83 Å². The number of hydrogen-bond donors (Lipinski definition) is 2. The van der Waals surface area contributed by atoms with Crippen molar-refractivity contribution in [3.63, 3.8) is 0 Å². The summed E-state index contributed by atoms with van der Waals surface area (Å²) in [6.45, 7) is 0. The Morgan fingerprint density at radius 1 is 1.04 bits per heavy atom. The van der Waals surface area contributed by atoms with Gasteiger partial charge in [0.25, 0.3) is 5.89 Å². The predicted molar refractivity (Wildman–Crippen MR) is 93.6 cm³/mol. The summed E-state index contributed by atoms with van der Waals surface area (Å²) >= 11 is 2.25. The van der Waals surface area contributed by atoms with Gasteiger partial charge in [-0.3, -0.25) is 0 Å². The van der Waals surface area contributed by atoms with Crippen molar-refractivity contribution < 1.29 is 13.9 Å². The molecule has 0 aliphatic carbocycles. The molecule has 0 bridgehead atoms. The van der Waals surface area contributed by atoms with Crippen LogP contribution in [0.2, 0.25) is 0 Å². The highest BCUT2D eigenvalue weighted by Crippen LogP contribution is 2.34. The number of hydrogen-bond acceptors (Lipinski definition) is 6. The number of rotatable bonds is 3. The largest absolute Gasteiger partial charge is 0.465 e. The second-order valence-electron chi connectivity index (χ2n) is 4.88. The van der Waals surface area contributed by atoms with Crippen LogP contribution in [0.15, 0.2) is 57.6 Å². The van der Waals surface area contributed by atoms with Crippen LogP contribution in [0.3, 0.4) is 0 Å². The summed E-state index contributed by atoms with van der Waals surface area (Å²) in [6.07, 6.45) is 1.15. The van der Waals surface area contributed by atoms with Gasteiger partial charge in [-0.2, -0.15) is 0 Å². The normalized spacial score (nSPS) is 11.0. The van der Waals surface area contributed by atoms with Gasteiger partial charge in [0.05, 0.1) is 17.5 Å². The van der Waals surface area contributed by atoms with Gasteiger partial charge in [-0.25, -0.2) is 0 Å². The molecule has 23 heavy (non-hydrogen) atoms. The first kappa shape index (κ1) is 14.1. The Morgan fingerprint density at radius 2 is 1.87 bits per heavy atom. The average molecular weight is 419 g/mol. The molecule has 6 nitrogen and oxygen atoms in total. The lowest BCUT2D eigenvalue weighted by Crippen LogP contribution is -1.94. The fraction of sp³-hybridized carbons (Fsp3) is 0. The van der Waals surface area contributed by atoms with Crippen molar-refractivity contribution in [1.82, 2.24) is 10.2 Å². The lowest BCUT2D eigenvalue weighted by atomic mass is 10.1. The zero-order valence-electron chi connectivity index (χ0n) is 11.7. The van der Waals surface area contributed by atoms with Crippen LogP contribution in [-0.4, -0.2) is 15.3 Å². The number of furan rings is 1. The molecule has 2 heterocycles. The first-order valence-electron chi connectivity index (χ1n) is 6.76. The van der Waals surface area contributed by atoms with Crippen molar-refractivity contribution in [1.29, 1.82) is 0 Å². The summed E-state index contributed by atoms with van der Waals surface area (Å²) in [5, 5.41) is 20.9. The third-order valence-electron chi connectivity index (χ3n) is 3.36. The van der Waals surface area contributed by atoms with Gasteiger partial charge in [0.15, 0.2) is 0 Å². The molecule has 2 aromatic carbocycles. The van der Waals surface area contributed by atoms with E-state index in [1.54, 1.807) is 6.26 Å². The molecule has 4 rings (SSSR count). The van der Waals surface area contributed by atoms with Gasteiger partial charge in [-0.1, -0.05) is 5.10 Å². The predicted octanol–water partition coefficient (Wildman–Crippen LogP) is 4.54.